The number of imidazole rings is 2. The third kappa shape index (κ3) is 6.71. The molecule has 0 spiro atoms. The zero-order chi connectivity index (χ0) is 21.0. The zero-order valence-corrected chi connectivity index (χ0v) is 24.9. The maximum Gasteiger partial charge on any atom is 1.00 e. The normalized spacial score (nSPS) is 25.0. The maximum absolute atomic E-state index is 11.4. The number of aliphatic hydroxyl groups excluding tert-OH is 2. The van der Waals surface area contributed by atoms with E-state index in [0.717, 1.165) is 0 Å². The Morgan fingerprint density at radius 3 is 2.38 bits per heavy atom. The van der Waals surface area contributed by atoms with Gasteiger partial charge in [0.05, 0.1) is 20.8 Å². The van der Waals surface area contributed by atoms with E-state index < -0.39 is 46.8 Å². The Kier molecular flexibility index (Phi) is 11.7. The molecule has 1 aliphatic rings. The number of ether oxygens (including phenoxy) is 1. The quantitative estimate of drug-likeness (QED) is 0.229. The molecule has 5 atom stereocenters. The smallest absolute Gasteiger partial charge is 0.790 e. The third-order valence-electron chi connectivity index (χ3n) is 4.16. The van der Waals surface area contributed by atoms with Crippen LogP contribution in [-0.4, -0.2) is 59.1 Å². The molecule has 32 heavy (non-hydrogen) atoms. The summed E-state index contributed by atoms with van der Waals surface area (Å²) in [5.74, 6) is 0. The predicted molar refractivity (Wildman–Crippen MR) is 84.5 cm³/mol. The molecule has 2 N–H and O–H groups in total. The summed E-state index contributed by atoms with van der Waals surface area (Å²) in [6, 6.07) is 0. The van der Waals surface area contributed by atoms with E-state index in [1.54, 1.807) is 16.8 Å². The van der Waals surface area contributed by atoms with E-state index in [9.17, 15) is 34.0 Å². The van der Waals surface area contributed by atoms with E-state index in [4.69, 9.17) is 4.74 Å². The molecular weight excluding hydrogens is 505 g/mol. The van der Waals surface area contributed by atoms with Crippen LogP contribution in [0.4, 0.5) is 0 Å². The third-order valence-corrected chi connectivity index (χ3v) is 6.23. The Morgan fingerprint density at radius 1 is 1.03 bits per heavy atom. The monoisotopic (exact) mass is 517 g/mol. The van der Waals surface area contributed by atoms with Crippen LogP contribution >= 0.6 is 15.6 Å². The summed E-state index contributed by atoms with van der Waals surface area (Å²) in [5, 5.41) is 20.4. The summed E-state index contributed by atoms with van der Waals surface area (Å²) < 4.78 is 37.7. The van der Waals surface area contributed by atoms with Crippen LogP contribution in [-0.2, 0) is 22.7 Å². The zero-order valence-electron chi connectivity index (χ0n) is 17.1. The number of hydrogen-bond acceptors (Lipinski definition) is 13. The van der Waals surface area contributed by atoms with Gasteiger partial charge < -0.3 is 38.7 Å². The molecule has 4 rings (SSSR count). The van der Waals surface area contributed by atoms with E-state index in [-0.39, 0.29) is 94.3 Å². The number of rotatable bonds is 6. The summed E-state index contributed by atoms with van der Waals surface area (Å²) in [7, 11) is -11.4. The fourth-order valence-electron chi connectivity index (χ4n) is 2.94. The van der Waals surface area contributed by atoms with E-state index in [1.807, 2.05) is 0 Å². The maximum atomic E-state index is 11.4. The summed E-state index contributed by atoms with van der Waals surface area (Å²) >= 11 is 0. The molecule has 0 bridgehead atoms. The topological polar surface area (TPSA) is 219 Å². The van der Waals surface area contributed by atoms with Crippen LogP contribution in [0.25, 0.3) is 16.8 Å². The van der Waals surface area contributed by atoms with Crippen LogP contribution in [0.3, 0.4) is 0 Å². The molecule has 3 aromatic rings. The second-order valence-corrected chi connectivity index (χ2v) is 8.75. The van der Waals surface area contributed by atoms with Crippen LogP contribution < -0.4 is 103 Å². The Morgan fingerprint density at radius 2 is 1.72 bits per heavy atom. The van der Waals surface area contributed by atoms with Crippen molar-refractivity contribution in [1.82, 2.24) is 23.9 Å². The van der Waals surface area contributed by atoms with Gasteiger partial charge in [-0.2, -0.15) is 0 Å². The predicted octanol–water partition coefficient (Wildman–Crippen LogP) is -12.0. The van der Waals surface area contributed by atoms with Crippen molar-refractivity contribution in [1.29, 1.82) is 0 Å². The van der Waals surface area contributed by atoms with Crippen LogP contribution in [0.15, 0.2) is 25.0 Å². The first-order valence-electron chi connectivity index (χ1n) is 7.90. The fraction of sp³-hybridized carbons (Fsp3) is 0.417. The number of aromatic nitrogens is 5. The summed E-state index contributed by atoms with van der Waals surface area (Å²) in [6.45, 7) is -0.917. The first-order chi connectivity index (χ1) is 13.6. The standard InChI is InChI=1S/C12H15N5O10P2.3Na/c18-8-6(3-25-29(23,24)27-28(20,21)22)26-12(9(8)19)17-5-14-7-10-13-1-2-16(10)4-15-11(7)17;;;/h1-2,4-6,8-9,12,18-19H,3H2,(H,23,24)(H2,20,21,22);;;/q;3*+1/p-3/t6-,8?,9+,12-;;;/m1.../s1. The van der Waals surface area contributed by atoms with Gasteiger partial charge in [0, 0.05) is 12.4 Å². The number of fused-ring (bicyclic) bond motifs is 3. The molecule has 1 aliphatic heterocycles. The van der Waals surface area contributed by atoms with E-state index >= 15 is 0 Å². The van der Waals surface area contributed by atoms with Gasteiger partial charge in [-0.25, -0.2) is 15.0 Å². The molecule has 20 heteroatoms. The van der Waals surface area contributed by atoms with E-state index in [2.05, 4.69) is 23.8 Å². The van der Waals surface area contributed by atoms with Crippen molar-refractivity contribution in [3.05, 3.63) is 25.0 Å². The molecule has 158 valence electrons. The van der Waals surface area contributed by atoms with Gasteiger partial charge in [0.2, 0.25) is 0 Å². The van der Waals surface area contributed by atoms with Crippen LogP contribution in [0.1, 0.15) is 6.23 Å². The Hall–Kier alpha value is 1.23. The van der Waals surface area contributed by atoms with Crippen LogP contribution in [0.5, 0.6) is 0 Å². The molecule has 15 nitrogen and oxygen atoms in total. The average molecular weight is 517 g/mol. The Bertz CT molecular complexity index is 1160. The molecule has 1 fully saturated rings. The van der Waals surface area contributed by atoms with Crippen molar-refractivity contribution in [2.45, 2.75) is 24.5 Å². The molecule has 0 amide bonds. The van der Waals surface area contributed by atoms with Gasteiger partial charge in [-0.3, -0.25) is 17.8 Å². The fourth-order valence-corrected chi connectivity index (χ4v) is 4.44. The van der Waals surface area contributed by atoms with Gasteiger partial charge in [-0.05, 0) is 0 Å². The van der Waals surface area contributed by atoms with Crippen molar-refractivity contribution < 1.29 is 136 Å². The van der Waals surface area contributed by atoms with Crippen molar-refractivity contribution >= 4 is 32.5 Å². The molecule has 0 saturated carbocycles. The molecule has 2 unspecified atom stereocenters. The van der Waals surface area contributed by atoms with Crippen LogP contribution in [0, 0.1) is 0 Å². The Labute approximate surface area is 246 Å². The van der Waals surface area contributed by atoms with Gasteiger partial charge in [-0.1, -0.05) is 0 Å². The molecule has 3 aromatic heterocycles. The second-order valence-electron chi connectivity index (χ2n) is 6.04. The summed E-state index contributed by atoms with van der Waals surface area (Å²) in [4.78, 5) is 44.7. The average Bonchev–Trinajstić information content (AvgIpc) is 3.29. The molecule has 0 aromatic carbocycles. The minimum absolute atomic E-state index is 0. The van der Waals surface area contributed by atoms with Gasteiger partial charge in [0.25, 0.3) is 7.82 Å². The first kappa shape index (κ1) is 31.3. The largest absolute Gasteiger partial charge is 1.00 e. The molecule has 0 radical (unpaired) electrons. The number of nitrogens with zero attached hydrogens (tertiary/aromatic N) is 5. The first-order valence-corrected chi connectivity index (χ1v) is 10.8. The van der Waals surface area contributed by atoms with Gasteiger partial charge in [0.1, 0.15) is 24.6 Å². The molecule has 0 aliphatic carbocycles. The van der Waals surface area contributed by atoms with Gasteiger partial charge in [-0.15, -0.1) is 0 Å². The molecular formula is C12H12N5Na3O10P2. The number of phosphoric acid groups is 2. The summed E-state index contributed by atoms with van der Waals surface area (Å²) in [6.07, 6.45) is 0.190. The minimum atomic E-state index is -5.85. The van der Waals surface area contributed by atoms with E-state index in [1.165, 1.54) is 17.2 Å². The number of phosphoric ester groups is 1. The van der Waals surface area contributed by atoms with Crippen LogP contribution in [0.2, 0.25) is 0 Å². The number of hydrogen-bond donors (Lipinski definition) is 2. The summed E-state index contributed by atoms with van der Waals surface area (Å²) in [5.41, 5.74) is 1.16. The SMILES string of the molecule is O=P([O-])([O-])OP(=O)([O-])OC[C@H]1O[C@@H](n2cnc3c2ncn2ccnc32)[C@@H](O)C1O.[Na+].[Na+].[Na+]. The van der Waals surface area contributed by atoms with Gasteiger partial charge in [0.15, 0.2) is 23.0 Å². The van der Waals surface area contributed by atoms with Crippen molar-refractivity contribution in [2.75, 3.05) is 6.61 Å². The van der Waals surface area contributed by atoms with Crippen molar-refractivity contribution in [2.24, 2.45) is 0 Å². The minimum Gasteiger partial charge on any atom is -0.790 e. The second kappa shape index (κ2) is 12.0. The molecule has 1 saturated heterocycles. The molecule has 4 heterocycles. The number of aliphatic hydroxyl groups is 2. The van der Waals surface area contributed by atoms with E-state index in [0.29, 0.717) is 11.2 Å². The van der Waals surface area contributed by atoms with Crippen molar-refractivity contribution in [3.63, 3.8) is 0 Å². The van der Waals surface area contributed by atoms with Gasteiger partial charge >= 0.3 is 88.7 Å². The Balaban J connectivity index is 0.00000171. The van der Waals surface area contributed by atoms with Crippen molar-refractivity contribution in [3.8, 4) is 0 Å².